The number of benzene rings is 1. The molecule has 166 valence electrons. The molecule has 7 nitrogen and oxygen atoms in total. The van der Waals surface area contributed by atoms with E-state index in [1.54, 1.807) is 0 Å². The number of carbonyl (C=O) groups is 1. The van der Waals surface area contributed by atoms with Crippen molar-refractivity contribution in [2.45, 2.75) is 64.8 Å². The van der Waals surface area contributed by atoms with Crippen LogP contribution in [-0.2, 0) is 11.3 Å². The molecule has 0 radical (unpaired) electrons. The van der Waals surface area contributed by atoms with Gasteiger partial charge in [0.2, 0.25) is 12.7 Å². The Hall–Kier alpha value is -1.83. The average Bonchev–Trinajstić information content (AvgIpc) is 3.21. The molecule has 2 N–H and O–H groups in total. The molecule has 0 aromatic heterocycles. The van der Waals surface area contributed by atoms with Crippen molar-refractivity contribution in [3.05, 3.63) is 23.8 Å². The highest BCUT2D eigenvalue weighted by molar-refractivity contribution is 5.80. The Morgan fingerprint density at radius 2 is 1.87 bits per heavy atom. The molecule has 0 bridgehead atoms. The highest BCUT2D eigenvalue weighted by Gasteiger charge is 2.36. The van der Waals surface area contributed by atoms with Gasteiger partial charge in [-0.1, -0.05) is 38.7 Å². The molecule has 4 rings (SSSR count). The summed E-state index contributed by atoms with van der Waals surface area (Å²) < 4.78 is 10.9. The van der Waals surface area contributed by atoms with Gasteiger partial charge in [0.05, 0.1) is 5.92 Å². The van der Waals surface area contributed by atoms with E-state index in [0.717, 1.165) is 57.1 Å². The minimum atomic E-state index is -0.0490. The lowest BCUT2D eigenvalue weighted by Gasteiger charge is -2.44. The molecule has 0 spiro atoms. The van der Waals surface area contributed by atoms with Crippen molar-refractivity contribution in [2.24, 2.45) is 5.92 Å². The van der Waals surface area contributed by atoms with E-state index in [2.05, 4.69) is 46.4 Å². The van der Waals surface area contributed by atoms with E-state index in [1.807, 2.05) is 6.07 Å². The summed E-state index contributed by atoms with van der Waals surface area (Å²) in [6.07, 6.45) is 5.79. The Morgan fingerprint density at radius 1 is 1.07 bits per heavy atom. The van der Waals surface area contributed by atoms with Crippen LogP contribution < -0.4 is 20.1 Å². The zero-order valence-corrected chi connectivity index (χ0v) is 18.4. The van der Waals surface area contributed by atoms with Crippen molar-refractivity contribution in [3.8, 4) is 11.5 Å². The van der Waals surface area contributed by atoms with E-state index in [1.165, 1.54) is 24.8 Å². The van der Waals surface area contributed by atoms with Gasteiger partial charge in [-0.15, -0.1) is 0 Å². The second-order valence-corrected chi connectivity index (χ2v) is 8.82. The zero-order valence-electron chi connectivity index (χ0n) is 18.4. The predicted octanol–water partition coefficient (Wildman–Crippen LogP) is 2.51. The monoisotopic (exact) mass is 416 g/mol. The van der Waals surface area contributed by atoms with Crippen molar-refractivity contribution in [3.63, 3.8) is 0 Å². The Labute approximate surface area is 180 Å². The minimum absolute atomic E-state index is 0.0490. The molecule has 3 heterocycles. The molecule has 1 aromatic rings. The van der Waals surface area contributed by atoms with Crippen molar-refractivity contribution in [2.75, 3.05) is 33.0 Å². The van der Waals surface area contributed by atoms with Crippen LogP contribution in [0.3, 0.4) is 0 Å². The summed E-state index contributed by atoms with van der Waals surface area (Å²) in [5.74, 6) is 1.98. The van der Waals surface area contributed by atoms with E-state index in [4.69, 9.17) is 9.47 Å². The van der Waals surface area contributed by atoms with Gasteiger partial charge in [0.25, 0.3) is 0 Å². The van der Waals surface area contributed by atoms with Gasteiger partial charge in [-0.25, -0.2) is 0 Å². The van der Waals surface area contributed by atoms with Crippen LogP contribution in [-0.4, -0.2) is 61.0 Å². The summed E-state index contributed by atoms with van der Waals surface area (Å²) >= 11 is 0. The number of carbonyl (C=O) groups excluding carboxylic acids is 1. The molecule has 2 saturated heterocycles. The minimum Gasteiger partial charge on any atom is -0.454 e. The summed E-state index contributed by atoms with van der Waals surface area (Å²) in [4.78, 5) is 17.5. The SMILES string of the molecule is CCCCCCC1C(=O)NC(N2CCN(Cc3ccc4c(c3)OCO4)CC2)NC1C. The van der Waals surface area contributed by atoms with Gasteiger partial charge in [0.1, 0.15) is 6.29 Å². The molecule has 3 aliphatic rings. The van der Waals surface area contributed by atoms with Crippen molar-refractivity contribution >= 4 is 5.91 Å². The number of fused-ring (bicyclic) bond motifs is 1. The van der Waals surface area contributed by atoms with E-state index >= 15 is 0 Å². The van der Waals surface area contributed by atoms with E-state index in [9.17, 15) is 4.79 Å². The van der Waals surface area contributed by atoms with Crippen LogP contribution in [0, 0.1) is 5.92 Å². The van der Waals surface area contributed by atoms with E-state index in [-0.39, 0.29) is 24.2 Å². The van der Waals surface area contributed by atoms with E-state index in [0.29, 0.717) is 6.79 Å². The fraction of sp³-hybridized carbons (Fsp3) is 0.696. The molecule has 3 aliphatic heterocycles. The second kappa shape index (κ2) is 9.98. The van der Waals surface area contributed by atoms with Crippen LogP contribution >= 0.6 is 0 Å². The third-order valence-electron chi connectivity index (χ3n) is 6.62. The van der Waals surface area contributed by atoms with Crippen LogP contribution in [0.15, 0.2) is 18.2 Å². The van der Waals surface area contributed by atoms with Crippen molar-refractivity contribution in [1.29, 1.82) is 0 Å². The molecule has 30 heavy (non-hydrogen) atoms. The van der Waals surface area contributed by atoms with Crippen LogP contribution in [0.25, 0.3) is 0 Å². The molecule has 7 heteroatoms. The number of piperazine rings is 1. The number of hydrogen-bond donors (Lipinski definition) is 2. The smallest absolute Gasteiger partial charge is 0.231 e. The topological polar surface area (TPSA) is 66.1 Å². The summed E-state index contributed by atoms with van der Waals surface area (Å²) in [6, 6.07) is 6.41. The number of amides is 1. The van der Waals surface area contributed by atoms with Crippen LogP contribution in [0.2, 0.25) is 0 Å². The van der Waals surface area contributed by atoms with Crippen LogP contribution in [0.5, 0.6) is 11.5 Å². The largest absolute Gasteiger partial charge is 0.454 e. The fourth-order valence-corrected chi connectivity index (χ4v) is 4.72. The number of hydrogen-bond acceptors (Lipinski definition) is 6. The molecule has 1 aromatic carbocycles. The third kappa shape index (κ3) is 5.07. The number of nitrogens with zero attached hydrogens (tertiary/aromatic N) is 2. The van der Waals surface area contributed by atoms with Gasteiger partial charge in [0.15, 0.2) is 11.5 Å². The fourth-order valence-electron chi connectivity index (χ4n) is 4.72. The quantitative estimate of drug-likeness (QED) is 0.635. The first-order chi connectivity index (χ1) is 14.6. The lowest BCUT2D eigenvalue weighted by Crippen LogP contribution is -2.68. The highest BCUT2D eigenvalue weighted by Crippen LogP contribution is 2.33. The van der Waals surface area contributed by atoms with Crippen LogP contribution in [0.1, 0.15) is 51.5 Å². The maximum absolute atomic E-state index is 12.7. The highest BCUT2D eigenvalue weighted by atomic mass is 16.7. The number of rotatable bonds is 8. The first kappa shape index (κ1) is 21.4. The normalized spacial score (nSPS) is 27.3. The number of unbranched alkanes of at least 4 members (excludes halogenated alkanes) is 3. The molecule has 3 unspecified atom stereocenters. The zero-order chi connectivity index (χ0) is 20.9. The summed E-state index contributed by atoms with van der Waals surface area (Å²) in [5.41, 5.74) is 1.25. The molecule has 0 aliphatic carbocycles. The average molecular weight is 417 g/mol. The Kier molecular flexibility index (Phi) is 7.12. The van der Waals surface area contributed by atoms with Gasteiger partial charge in [-0.3, -0.25) is 19.9 Å². The van der Waals surface area contributed by atoms with Gasteiger partial charge < -0.3 is 14.8 Å². The van der Waals surface area contributed by atoms with Gasteiger partial charge in [0, 0.05) is 38.8 Å². The van der Waals surface area contributed by atoms with Gasteiger partial charge in [-0.2, -0.15) is 0 Å². The molecule has 3 atom stereocenters. The lowest BCUT2D eigenvalue weighted by atomic mass is 9.91. The predicted molar refractivity (Wildman–Crippen MR) is 116 cm³/mol. The number of nitrogens with one attached hydrogen (secondary N) is 2. The Bertz CT molecular complexity index is 720. The number of ether oxygens (including phenoxy) is 2. The van der Waals surface area contributed by atoms with Crippen LogP contribution in [0.4, 0.5) is 0 Å². The molecule has 1 amide bonds. The Balaban J connectivity index is 1.23. The van der Waals surface area contributed by atoms with Gasteiger partial charge in [-0.05, 0) is 31.0 Å². The Morgan fingerprint density at radius 3 is 2.63 bits per heavy atom. The molecular weight excluding hydrogens is 380 g/mol. The first-order valence-corrected chi connectivity index (χ1v) is 11.6. The third-order valence-corrected chi connectivity index (χ3v) is 6.62. The molecule has 0 saturated carbocycles. The first-order valence-electron chi connectivity index (χ1n) is 11.6. The lowest BCUT2D eigenvalue weighted by molar-refractivity contribution is -0.133. The maximum atomic E-state index is 12.7. The second-order valence-electron chi connectivity index (χ2n) is 8.82. The van der Waals surface area contributed by atoms with Crippen molar-refractivity contribution in [1.82, 2.24) is 20.4 Å². The maximum Gasteiger partial charge on any atom is 0.231 e. The summed E-state index contributed by atoms with van der Waals surface area (Å²) in [5, 5.41) is 6.87. The van der Waals surface area contributed by atoms with Gasteiger partial charge >= 0.3 is 0 Å². The van der Waals surface area contributed by atoms with E-state index < -0.39 is 0 Å². The summed E-state index contributed by atoms with van der Waals surface area (Å²) in [7, 11) is 0. The molecular formula is C23H36N4O3. The standard InChI is InChI=1S/C23H36N4O3/c1-3-4-5-6-7-19-17(2)24-23(25-22(19)28)27-12-10-26(11-13-27)15-18-8-9-20-21(14-18)30-16-29-20/h8-9,14,17,19,23-24H,3-7,10-13,15-16H2,1-2H3,(H,25,28). The van der Waals surface area contributed by atoms with Crippen molar-refractivity contribution < 1.29 is 14.3 Å². The summed E-state index contributed by atoms with van der Waals surface area (Å²) in [6.45, 7) is 9.45. The molecule has 2 fully saturated rings.